The Bertz CT molecular complexity index is 1050. The first-order chi connectivity index (χ1) is 15.2. The number of fused-ring (bicyclic) bond motifs is 4. The Kier molecular flexibility index (Phi) is 5.53. The number of H-pyrrole nitrogens is 1. The number of aromatic hydroxyl groups is 1. The lowest BCUT2D eigenvalue weighted by Gasteiger charge is -2.44. The van der Waals surface area contributed by atoms with Gasteiger partial charge < -0.3 is 24.9 Å². The van der Waals surface area contributed by atoms with E-state index in [1.54, 1.807) is 18.2 Å². The summed E-state index contributed by atoms with van der Waals surface area (Å²) in [5, 5.41) is 13.9. The predicted octanol–water partition coefficient (Wildman–Crippen LogP) is 3.22. The number of unbranched alkanes of at least 4 members (excludes halogenated alkanes) is 1. The highest BCUT2D eigenvalue weighted by molar-refractivity contribution is 5.97. The second-order valence-corrected chi connectivity index (χ2v) is 8.16. The van der Waals surface area contributed by atoms with Gasteiger partial charge in [-0.3, -0.25) is 9.69 Å². The second-order valence-electron chi connectivity index (χ2n) is 8.16. The third kappa shape index (κ3) is 4.11. The van der Waals surface area contributed by atoms with Gasteiger partial charge in [-0.05, 0) is 49.7 Å². The van der Waals surface area contributed by atoms with Crippen LogP contribution in [-0.2, 0) is 4.74 Å². The lowest BCUT2D eigenvalue weighted by Crippen LogP contribution is -2.52. The van der Waals surface area contributed by atoms with Crippen molar-refractivity contribution in [3.05, 3.63) is 59.8 Å². The van der Waals surface area contributed by atoms with E-state index in [4.69, 9.17) is 9.47 Å². The number of aromatic nitrogens is 1. The van der Waals surface area contributed by atoms with Crippen molar-refractivity contribution in [1.82, 2.24) is 15.2 Å². The molecule has 7 nitrogen and oxygen atoms in total. The Morgan fingerprint density at radius 3 is 3.00 bits per heavy atom. The Morgan fingerprint density at radius 1 is 1.19 bits per heavy atom. The number of nitrogens with zero attached hydrogens (tertiary/aromatic N) is 1. The van der Waals surface area contributed by atoms with Crippen molar-refractivity contribution in [2.24, 2.45) is 0 Å². The molecule has 2 atom stereocenters. The highest BCUT2D eigenvalue weighted by Crippen LogP contribution is 2.40. The number of hydrogen-bond donors (Lipinski definition) is 3. The van der Waals surface area contributed by atoms with Crippen molar-refractivity contribution in [1.29, 1.82) is 0 Å². The van der Waals surface area contributed by atoms with Gasteiger partial charge in [-0.1, -0.05) is 18.2 Å². The molecular weight excluding hydrogens is 394 g/mol. The van der Waals surface area contributed by atoms with E-state index in [0.29, 0.717) is 25.5 Å². The summed E-state index contributed by atoms with van der Waals surface area (Å²) in [6.07, 6.45) is 1.80. The van der Waals surface area contributed by atoms with E-state index in [9.17, 15) is 9.90 Å². The van der Waals surface area contributed by atoms with E-state index in [0.717, 1.165) is 48.1 Å². The number of morpholine rings is 1. The number of aromatic amines is 1. The van der Waals surface area contributed by atoms with Gasteiger partial charge in [0.15, 0.2) is 0 Å². The number of amides is 1. The minimum atomic E-state index is -0.0775. The van der Waals surface area contributed by atoms with Crippen molar-refractivity contribution in [2.75, 3.05) is 32.8 Å². The Morgan fingerprint density at radius 2 is 2.10 bits per heavy atom. The number of benzene rings is 2. The van der Waals surface area contributed by atoms with Gasteiger partial charge >= 0.3 is 0 Å². The van der Waals surface area contributed by atoms with Gasteiger partial charge in [-0.25, -0.2) is 0 Å². The van der Waals surface area contributed by atoms with E-state index in [1.807, 2.05) is 30.3 Å². The summed E-state index contributed by atoms with van der Waals surface area (Å²) >= 11 is 0. The number of carbonyl (C=O) groups excluding carboxylic acids is 1. The molecule has 0 saturated carbocycles. The van der Waals surface area contributed by atoms with Gasteiger partial charge in [0.2, 0.25) is 0 Å². The van der Waals surface area contributed by atoms with Crippen LogP contribution in [0.4, 0.5) is 0 Å². The third-order valence-corrected chi connectivity index (χ3v) is 6.14. The normalized spacial score (nSPS) is 20.6. The van der Waals surface area contributed by atoms with Crippen molar-refractivity contribution in [2.45, 2.75) is 25.0 Å². The first-order valence-electron chi connectivity index (χ1n) is 10.9. The molecule has 0 unspecified atom stereocenters. The average Bonchev–Trinajstić information content (AvgIpc) is 3.23. The summed E-state index contributed by atoms with van der Waals surface area (Å²) in [4.78, 5) is 18.0. The quantitative estimate of drug-likeness (QED) is 0.532. The van der Waals surface area contributed by atoms with Crippen LogP contribution in [0.15, 0.2) is 48.5 Å². The van der Waals surface area contributed by atoms with E-state index < -0.39 is 0 Å². The minimum absolute atomic E-state index is 0.0697. The molecular formula is C24H27N3O4. The van der Waals surface area contributed by atoms with E-state index in [2.05, 4.69) is 15.2 Å². The lowest BCUT2D eigenvalue weighted by atomic mass is 9.96. The van der Waals surface area contributed by atoms with Gasteiger partial charge in [-0.2, -0.15) is 0 Å². The topological polar surface area (TPSA) is 86.8 Å². The molecule has 0 aliphatic carbocycles. The van der Waals surface area contributed by atoms with E-state index in [-0.39, 0.29) is 23.8 Å². The van der Waals surface area contributed by atoms with Crippen LogP contribution in [0.1, 0.15) is 35.0 Å². The fraction of sp³-hybridized carbons (Fsp3) is 0.375. The molecule has 162 valence electrons. The molecule has 1 fully saturated rings. The average molecular weight is 421 g/mol. The third-order valence-electron chi connectivity index (χ3n) is 6.14. The summed E-state index contributed by atoms with van der Waals surface area (Å²) in [6.45, 7) is 3.66. The molecule has 2 aliphatic heterocycles. The van der Waals surface area contributed by atoms with Gasteiger partial charge in [-0.15, -0.1) is 0 Å². The van der Waals surface area contributed by atoms with E-state index in [1.165, 1.54) is 0 Å². The molecule has 3 N–H and O–H groups in total. The molecule has 1 aromatic heterocycles. The second kappa shape index (κ2) is 8.61. The molecule has 3 aromatic rings. The van der Waals surface area contributed by atoms with Crippen LogP contribution in [0.5, 0.6) is 11.5 Å². The molecule has 0 radical (unpaired) electrons. The zero-order valence-electron chi connectivity index (χ0n) is 17.3. The Hall–Kier alpha value is -3.03. The van der Waals surface area contributed by atoms with Gasteiger partial charge in [0.05, 0.1) is 12.6 Å². The SMILES string of the molecule is O=C(NCCCCN1CCO[C@H]2c3cc(O)ccc3OC[C@@H]21)c1cc2ccccc2[nH]1. The molecule has 31 heavy (non-hydrogen) atoms. The summed E-state index contributed by atoms with van der Waals surface area (Å²) in [6, 6.07) is 15.1. The maximum atomic E-state index is 12.4. The monoisotopic (exact) mass is 421 g/mol. The minimum Gasteiger partial charge on any atom is -0.508 e. The number of rotatable bonds is 6. The smallest absolute Gasteiger partial charge is 0.267 e. The number of nitrogens with one attached hydrogen (secondary N) is 2. The van der Waals surface area contributed by atoms with Crippen LogP contribution in [0.2, 0.25) is 0 Å². The largest absolute Gasteiger partial charge is 0.508 e. The summed E-state index contributed by atoms with van der Waals surface area (Å²) in [5.41, 5.74) is 2.49. The molecule has 0 spiro atoms. The number of para-hydroxylation sites is 1. The molecule has 2 aromatic carbocycles. The number of phenols is 1. The van der Waals surface area contributed by atoms with Crippen molar-refractivity contribution < 1.29 is 19.4 Å². The molecule has 7 heteroatoms. The van der Waals surface area contributed by atoms with E-state index >= 15 is 0 Å². The fourth-order valence-electron chi connectivity index (χ4n) is 4.53. The Labute approximate surface area is 181 Å². The number of carbonyl (C=O) groups is 1. The van der Waals surface area contributed by atoms with Gasteiger partial charge in [0.25, 0.3) is 5.91 Å². The first-order valence-corrected chi connectivity index (χ1v) is 10.9. The zero-order chi connectivity index (χ0) is 21.2. The Balaban J connectivity index is 1.11. The highest BCUT2D eigenvalue weighted by atomic mass is 16.5. The van der Waals surface area contributed by atoms with Crippen LogP contribution < -0.4 is 10.1 Å². The highest BCUT2D eigenvalue weighted by Gasteiger charge is 2.38. The van der Waals surface area contributed by atoms with Crippen molar-refractivity contribution in [3.63, 3.8) is 0 Å². The molecule has 1 saturated heterocycles. The number of ether oxygens (including phenoxy) is 2. The first kappa shape index (κ1) is 19.9. The van der Waals surface area contributed by atoms with Crippen LogP contribution >= 0.6 is 0 Å². The number of hydrogen-bond acceptors (Lipinski definition) is 5. The van der Waals surface area contributed by atoms with Gasteiger partial charge in [0, 0.05) is 29.6 Å². The molecule has 0 bridgehead atoms. The zero-order valence-corrected chi connectivity index (χ0v) is 17.3. The predicted molar refractivity (Wildman–Crippen MR) is 118 cm³/mol. The van der Waals surface area contributed by atoms with Gasteiger partial charge in [0.1, 0.15) is 29.9 Å². The van der Waals surface area contributed by atoms with Crippen LogP contribution in [-0.4, -0.2) is 59.8 Å². The maximum absolute atomic E-state index is 12.4. The summed E-state index contributed by atoms with van der Waals surface area (Å²) in [5.74, 6) is 0.953. The van der Waals surface area contributed by atoms with Crippen molar-refractivity contribution >= 4 is 16.8 Å². The molecule has 2 aliphatic rings. The standard InChI is InChI=1S/C24H27N3O4/c28-17-7-8-22-18(14-17)23-21(15-31-22)27(11-12-30-23)10-4-3-9-25-24(29)20-13-16-5-1-2-6-19(16)26-20/h1-2,5-8,13-14,21,23,26,28H,3-4,9-12,15H2,(H,25,29)/t21-,23-/m0/s1. The molecule has 3 heterocycles. The van der Waals surface area contributed by atoms with Crippen LogP contribution in [0, 0.1) is 0 Å². The van der Waals surface area contributed by atoms with Crippen LogP contribution in [0.3, 0.4) is 0 Å². The number of phenolic OH excluding ortho intramolecular Hbond substituents is 1. The molecule has 5 rings (SSSR count). The summed E-state index contributed by atoms with van der Waals surface area (Å²) in [7, 11) is 0. The van der Waals surface area contributed by atoms with Crippen molar-refractivity contribution in [3.8, 4) is 11.5 Å². The lowest BCUT2D eigenvalue weighted by molar-refractivity contribution is -0.0960. The fourth-order valence-corrected chi connectivity index (χ4v) is 4.53. The maximum Gasteiger partial charge on any atom is 0.267 e. The van der Waals surface area contributed by atoms with Crippen LogP contribution in [0.25, 0.3) is 10.9 Å². The molecule has 1 amide bonds. The summed E-state index contributed by atoms with van der Waals surface area (Å²) < 4.78 is 12.0.